The first-order valence-corrected chi connectivity index (χ1v) is 8.80. The highest BCUT2D eigenvalue weighted by molar-refractivity contribution is 5.91. The van der Waals surface area contributed by atoms with Crippen LogP contribution in [0.3, 0.4) is 0 Å². The number of alkyl halides is 1. The molecule has 0 saturated carbocycles. The minimum atomic E-state index is -0.878. The van der Waals surface area contributed by atoms with Crippen molar-refractivity contribution >= 4 is 5.91 Å². The first kappa shape index (κ1) is 16.4. The van der Waals surface area contributed by atoms with Crippen LogP contribution in [0.2, 0.25) is 0 Å². The molecule has 2 atom stereocenters. The minimum Gasteiger partial charge on any atom is -0.465 e. The smallest absolute Gasteiger partial charge is 0.289 e. The summed E-state index contributed by atoms with van der Waals surface area (Å²) in [4.78, 5) is 16.5. The van der Waals surface area contributed by atoms with Crippen LogP contribution in [0, 0.1) is 12.3 Å². The highest BCUT2D eigenvalue weighted by Gasteiger charge is 2.49. The molecule has 2 aliphatic rings. The van der Waals surface area contributed by atoms with E-state index in [2.05, 4.69) is 4.90 Å². The average Bonchev–Trinajstić information content (AvgIpc) is 3.32. The van der Waals surface area contributed by atoms with Crippen LogP contribution in [0.4, 0.5) is 4.39 Å². The van der Waals surface area contributed by atoms with Crippen molar-refractivity contribution in [1.82, 2.24) is 9.80 Å². The molecule has 4 rings (SSSR count). The van der Waals surface area contributed by atoms with E-state index in [-0.39, 0.29) is 5.91 Å². The van der Waals surface area contributed by atoms with Gasteiger partial charge in [0.25, 0.3) is 5.91 Å². The van der Waals surface area contributed by atoms with Crippen LogP contribution in [0.15, 0.2) is 39.4 Å². The molecule has 2 aromatic rings. The standard InChI is InChI=1S/C19H23FN2O3/c1-14-4-5-15(25-14)11-21-8-6-17(20)19(12-21)7-9-22(13-19)18(23)16-3-2-10-24-16/h2-5,10,17H,6-9,11-13H2,1H3/t17-,19-/m1/s1. The molecule has 0 radical (unpaired) electrons. The van der Waals surface area contributed by atoms with Gasteiger partial charge in [-0.25, -0.2) is 4.39 Å². The number of hydrogen-bond donors (Lipinski definition) is 0. The van der Waals surface area contributed by atoms with E-state index in [1.54, 1.807) is 17.0 Å². The summed E-state index contributed by atoms with van der Waals surface area (Å²) in [6.07, 6.45) is 1.80. The third-order valence-corrected chi connectivity index (χ3v) is 5.48. The molecule has 2 aromatic heterocycles. The van der Waals surface area contributed by atoms with Gasteiger partial charge < -0.3 is 13.7 Å². The Morgan fingerprint density at radius 2 is 2.20 bits per heavy atom. The number of rotatable bonds is 3. The Balaban J connectivity index is 1.45. The molecule has 0 aromatic carbocycles. The lowest BCUT2D eigenvalue weighted by molar-refractivity contribution is 0.00394. The first-order chi connectivity index (χ1) is 12.1. The zero-order valence-corrected chi connectivity index (χ0v) is 14.4. The molecular weight excluding hydrogens is 323 g/mol. The summed E-state index contributed by atoms with van der Waals surface area (Å²) < 4.78 is 25.7. The molecule has 0 bridgehead atoms. The molecule has 5 nitrogen and oxygen atoms in total. The summed E-state index contributed by atoms with van der Waals surface area (Å²) in [6.45, 7) is 5.00. The normalized spacial score (nSPS) is 27.3. The average molecular weight is 346 g/mol. The Morgan fingerprint density at radius 1 is 1.32 bits per heavy atom. The number of amides is 1. The van der Waals surface area contributed by atoms with Gasteiger partial charge in [0.05, 0.1) is 12.8 Å². The molecule has 1 spiro atoms. The van der Waals surface area contributed by atoms with Crippen LogP contribution in [0.25, 0.3) is 0 Å². The van der Waals surface area contributed by atoms with Gasteiger partial charge in [0.15, 0.2) is 5.76 Å². The maximum Gasteiger partial charge on any atom is 0.289 e. The number of carbonyl (C=O) groups is 1. The van der Waals surface area contributed by atoms with Gasteiger partial charge in [-0.15, -0.1) is 0 Å². The van der Waals surface area contributed by atoms with Gasteiger partial charge in [-0.05, 0) is 44.0 Å². The predicted molar refractivity (Wildman–Crippen MR) is 89.9 cm³/mol. The summed E-state index contributed by atoms with van der Waals surface area (Å²) in [7, 11) is 0. The van der Waals surface area contributed by atoms with E-state index in [9.17, 15) is 9.18 Å². The van der Waals surface area contributed by atoms with Crippen LogP contribution in [0.5, 0.6) is 0 Å². The van der Waals surface area contributed by atoms with E-state index in [4.69, 9.17) is 8.83 Å². The number of nitrogens with zero attached hydrogens (tertiary/aromatic N) is 2. The predicted octanol–water partition coefficient (Wildman–Crippen LogP) is 3.26. The summed E-state index contributed by atoms with van der Waals surface area (Å²) >= 11 is 0. The van der Waals surface area contributed by atoms with Crippen LogP contribution in [0.1, 0.15) is 34.9 Å². The lowest BCUT2D eigenvalue weighted by Crippen LogP contribution is -2.51. The number of hydrogen-bond acceptors (Lipinski definition) is 4. The third-order valence-electron chi connectivity index (χ3n) is 5.48. The molecule has 4 heterocycles. The van der Waals surface area contributed by atoms with E-state index in [0.29, 0.717) is 44.8 Å². The summed E-state index contributed by atoms with van der Waals surface area (Å²) in [5.74, 6) is 1.98. The highest BCUT2D eigenvalue weighted by Crippen LogP contribution is 2.41. The van der Waals surface area contributed by atoms with Crippen molar-refractivity contribution in [3.8, 4) is 0 Å². The molecule has 2 saturated heterocycles. The summed E-state index contributed by atoms with van der Waals surface area (Å²) in [5.41, 5.74) is -0.484. The van der Waals surface area contributed by atoms with E-state index in [1.807, 2.05) is 19.1 Å². The van der Waals surface area contributed by atoms with E-state index in [0.717, 1.165) is 18.1 Å². The first-order valence-electron chi connectivity index (χ1n) is 8.80. The number of piperidine rings is 1. The molecular formula is C19H23FN2O3. The Hall–Kier alpha value is -2.08. The monoisotopic (exact) mass is 346 g/mol. The SMILES string of the molecule is Cc1ccc(CN2CC[C@@H](F)[C@]3(CCN(C(=O)c4ccco4)C3)C2)o1. The number of likely N-dealkylation sites (tertiary alicyclic amines) is 2. The fourth-order valence-corrected chi connectivity index (χ4v) is 4.16. The summed E-state index contributed by atoms with van der Waals surface area (Å²) in [5, 5.41) is 0. The molecule has 0 N–H and O–H groups in total. The molecule has 134 valence electrons. The van der Waals surface area contributed by atoms with Crippen molar-refractivity contribution in [2.45, 2.75) is 32.5 Å². The number of aryl methyl sites for hydroxylation is 1. The Bertz CT molecular complexity index is 742. The van der Waals surface area contributed by atoms with Gasteiger partial charge in [0.1, 0.15) is 17.7 Å². The molecule has 25 heavy (non-hydrogen) atoms. The van der Waals surface area contributed by atoms with E-state index < -0.39 is 11.6 Å². The van der Waals surface area contributed by atoms with Gasteiger partial charge in [0.2, 0.25) is 0 Å². The van der Waals surface area contributed by atoms with Crippen LogP contribution in [-0.4, -0.2) is 48.1 Å². The number of carbonyl (C=O) groups excluding carboxylic acids is 1. The molecule has 1 amide bonds. The highest BCUT2D eigenvalue weighted by atomic mass is 19.1. The van der Waals surface area contributed by atoms with Gasteiger partial charge >= 0.3 is 0 Å². The van der Waals surface area contributed by atoms with Crippen molar-refractivity contribution in [1.29, 1.82) is 0 Å². The van der Waals surface area contributed by atoms with Gasteiger partial charge in [-0.1, -0.05) is 0 Å². The zero-order chi connectivity index (χ0) is 17.4. The quantitative estimate of drug-likeness (QED) is 0.856. The van der Waals surface area contributed by atoms with Crippen LogP contribution >= 0.6 is 0 Å². The van der Waals surface area contributed by atoms with Crippen molar-refractivity contribution < 1.29 is 18.0 Å². The van der Waals surface area contributed by atoms with Gasteiger partial charge in [0, 0.05) is 31.6 Å². The Kier molecular flexibility index (Phi) is 4.15. The molecule has 0 aliphatic carbocycles. The Labute approximate surface area is 146 Å². The van der Waals surface area contributed by atoms with Crippen molar-refractivity contribution in [3.63, 3.8) is 0 Å². The second kappa shape index (κ2) is 6.33. The lowest BCUT2D eigenvalue weighted by Gasteiger charge is -2.42. The summed E-state index contributed by atoms with van der Waals surface area (Å²) in [6, 6.07) is 7.29. The number of halogens is 1. The largest absolute Gasteiger partial charge is 0.465 e. The number of furan rings is 2. The van der Waals surface area contributed by atoms with E-state index >= 15 is 0 Å². The van der Waals surface area contributed by atoms with E-state index in [1.165, 1.54) is 6.26 Å². The fraction of sp³-hybridized carbons (Fsp3) is 0.526. The van der Waals surface area contributed by atoms with Crippen LogP contribution < -0.4 is 0 Å². The second-order valence-corrected chi connectivity index (χ2v) is 7.30. The fourth-order valence-electron chi connectivity index (χ4n) is 4.16. The van der Waals surface area contributed by atoms with Crippen molar-refractivity contribution in [2.75, 3.05) is 26.2 Å². The van der Waals surface area contributed by atoms with Gasteiger partial charge in [-0.2, -0.15) is 0 Å². The second-order valence-electron chi connectivity index (χ2n) is 7.30. The Morgan fingerprint density at radius 3 is 2.92 bits per heavy atom. The molecule has 6 heteroatoms. The van der Waals surface area contributed by atoms with Crippen LogP contribution in [-0.2, 0) is 6.54 Å². The topological polar surface area (TPSA) is 49.8 Å². The zero-order valence-electron chi connectivity index (χ0n) is 14.4. The maximum absolute atomic E-state index is 14.8. The third kappa shape index (κ3) is 3.11. The van der Waals surface area contributed by atoms with Crippen molar-refractivity contribution in [3.05, 3.63) is 47.8 Å². The molecule has 0 unspecified atom stereocenters. The van der Waals surface area contributed by atoms with Crippen molar-refractivity contribution in [2.24, 2.45) is 5.41 Å². The molecule has 2 aliphatic heterocycles. The maximum atomic E-state index is 14.8. The molecule has 2 fully saturated rings. The van der Waals surface area contributed by atoms with Gasteiger partial charge in [-0.3, -0.25) is 9.69 Å². The lowest BCUT2D eigenvalue weighted by atomic mass is 9.77. The minimum absolute atomic E-state index is 0.146.